The summed E-state index contributed by atoms with van der Waals surface area (Å²) in [5.41, 5.74) is 5.48. The first-order chi connectivity index (χ1) is 6.29. The fourth-order valence-corrected chi connectivity index (χ4v) is 1.78. The summed E-state index contributed by atoms with van der Waals surface area (Å²) in [6, 6.07) is 0.354. The van der Waals surface area contributed by atoms with Crippen molar-refractivity contribution in [2.24, 2.45) is 5.73 Å². The van der Waals surface area contributed by atoms with Crippen LogP contribution in [0.2, 0.25) is 0 Å². The Morgan fingerprint density at radius 1 is 1.69 bits per heavy atom. The summed E-state index contributed by atoms with van der Waals surface area (Å²) in [5.74, 6) is 0.246. The largest absolute Gasteiger partial charge is 0.383 e. The number of carbonyl (C=O) groups excluding carboxylic acids is 1. The van der Waals surface area contributed by atoms with Crippen LogP contribution in [0.5, 0.6) is 0 Å². The summed E-state index contributed by atoms with van der Waals surface area (Å²) in [4.78, 5) is 13.3. The van der Waals surface area contributed by atoms with Crippen molar-refractivity contribution < 1.29 is 9.53 Å². The summed E-state index contributed by atoms with van der Waals surface area (Å²) in [6.07, 6.45) is 2.55. The number of ether oxygens (including phenoxy) is 1. The molecule has 4 nitrogen and oxygen atoms in total. The highest BCUT2D eigenvalue weighted by molar-refractivity contribution is 5.78. The summed E-state index contributed by atoms with van der Waals surface area (Å²) < 4.78 is 4.95. The van der Waals surface area contributed by atoms with Crippen molar-refractivity contribution in [1.29, 1.82) is 0 Å². The minimum atomic E-state index is 0.246. The van der Waals surface area contributed by atoms with Crippen LogP contribution >= 0.6 is 0 Å². The molecule has 13 heavy (non-hydrogen) atoms. The molecule has 4 heteroatoms. The summed E-state index contributed by atoms with van der Waals surface area (Å²) in [7, 11) is 1.65. The first kappa shape index (κ1) is 10.5. The first-order valence-electron chi connectivity index (χ1n) is 4.78. The van der Waals surface area contributed by atoms with Crippen LogP contribution in [0.3, 0.4) is 0 Å². The quantitative estimate of drug-likeness (QED) is 0.656. The number of hydrogen-bond donors (Lipinski definition) is 1. The van der Waals surface area contributed by atoms with Gasteiger partial charge in [-0.15, -0.1) is 0 Å². The van der Waals surface area contributed by atoms with E-state index >= 15 is 0 Å². The molecular formula is C9H18N2O2. The zero-order valence-corrected chi connectivity index (χ0v) is 8.16. The van der Waals surface area contributed by atoms with E-state index in [2.05, 4.69) is 0 Å². The molecule has 0 unspecified atom stereocenters. The minimum Gasteiger partial charge on any atom is -0.383 e. The summed E-state index contributed by atoms with van der Waals surface area (Å²) in [6.45, 7) is 1.98. The molecule has 1 fully saturated rings. The molecule has 1 heterocycles. The Hall–Kier alpha value is -0.610. The van der Waals surface area contributed by atoms with Crippen LogP contribution in [0.1, 0.15) is 19.3 Å². The lowest BCUT2D eigenvalue weighted by molar-refractivity contribution is -0.129. The molecule has 0 saturated carbocycles. The number of likely N-dealkylation sites (tertiary alicyclic amines) is 1. The van der Waals surface area contributed by atoms with E-state index < -0.39 is 0 Å². The van der Waals surface area contributed by atoms with Crippen molar-refractivity contribution in [3.63, 3.8) is 0 Å². The SMILES string of the molecule is COCCN1C(=O)CC[C@@H]1CCN. The highest BCUT2D eigenvalue weighted by Gasteiger charge is 2.29. The van der Waals surface area contributed by atoms with E-state index in [1.807, 2.05) is 4.90 Å². The Morgan fingerprint density at radius 2 is 2.46 bits per heavy atom. The van der Waals surface area contributed by atoms with E-state index in [-0.39, 0.29) is 5.91 Å². The Kier molecular flexibility index (Phi) is 4.18. The van der Waals surface area contributed by atoms with Crippen molar-refractivity contribution in [3.8, 4) is 0 Å². The fourth-order valence-electron chi connectivity index (χ4n) is 1.78. The molecule has 0 aromatic rings. The van der Waals surface area contributed by atoms with Gasteiger partial charge in [-0.3, -0.25) is 4.79 Å². The predicted octanol–water partition coefficient (Wildman–Crippen LogP) is -0.0274. The van der Waals surface area contributed by atoms with E-state index in [9.17, 15) is 4.79 Å². The molecule has 0 aromatic heterocycles. The van der Waals surface area contributed by atoms with Gasteiger partial charge in [0.2, 0.25) is 5.91 Å². The van der Waals surface area contributed by atoms with Gasteiger partial charge < -0.3 is 15.4 Å². The average molecular weight is 186 g/mol. The average Bonchev–Trinajstić information content (AvgIpc) is 2.45. The highest BCUT2D eigenvalue weighted by atomic mass is 16.5. The molecule has 0 bridgehead atoms. The van der Waals surface area contributed by atoms with Crippen LogP contribution in [-0.2, 0) is 9.53 Å². The lowest BCUT2D eigenvalue weighted by Gasteiger charge is -2.23. The molecule has 0 spiro atoms. The Balaban J connectivity index is 2.40. The van der Waals surface area contributed by atoms with Gasteiger partial charge in [0.15, 0.2) is 0 Å². The van der Waals surface area contributed by atoms with Gasteiger partial charge >= 0.3 is 0 Å². The maximum absolute atomic E-state index is 11.4. The number of hydrogen-bond acceptors (Lipinski definition) is 3. The van der Waals surface area contributed by atoms with Crippen molar-refractivity contribution >= 4 is 5.91 Å². The number of methoxy groups -OCH3 is 1. The zero-order valence-electron chi connectivity index (χ0n) is 8.16. The van der Waals surface area contributed by atoms with Gasteiger partial charge in [-0.25, -0.2) is 0 Å². The maximum atomic E-state index is 11.4. The van der Waals surface area contributed by atoms with Crippen LogP contribution in [0.15, 0.2) is 0 Å². The minimum absolute atomic E-state index is 0.246. The van der Waals surface area contributed by atoms with Crippen LogP contribution in [0.25, 0.3) is 0 Å². The molecule has 1 aliphatic heterocycles. The monoisotopic (exact) mass is 186 g/mol. The number of amides is 1. The standard InChI is InChI=1S/C9H18N2O2/c1-13-7-6-11-8(4-5-10)2-3-9(11)12/h8H,2-7,10H2,1H3/t8-/m1/s1. The van der Waals surface area contributed by atoms with Gasteiger partial charge in [0.25, 0.3) is 0 Å². The second-order valence-electron chi connectivity index (χ2n) is 3.35. The number of nitrogens with two attached hydrogens (primary N) is 1. The van der Waals surface area contributed by atoms with E-state index in [4.69, 9.17) is 10.5 Å². The lowest BCUT2D eigenvalue weighted by Crippen LogP contribution is -2.36. The molecule has 1 atom stereocenters. The molecule has 76 valence electrons. The molecule has 2 N–H and O–H groups in total. The second-order valence-corrected chi connectivity index (χ2v) is 3.35. The Morgan fingerprint density at radius 3 is 3.08 bits per heavy atom. The van der Waals surface area contributed by atoms with Gasteiger partial charge in [0.05, 0.1) is 6.61 Å². The second kappa shape index (κ2) is 5.19. The topological polar surface area (TPSA) is 55.6 Å². The van der Waals surface area contributed by atoms with Crippen molar-refractivity contribution in [2.75, 3.05) is 26.8 Å². The third-order valence-corrected chi connectivity index (χ3v) is 2.49. The van der Waals surface area contributed by atoms with Crippen molar-refractivity contribution in [1.82, 2.24) is 4.90 Å². The third kappa shape index (κ3) is 2.67. The van der Waals surface area contributed by atoms with E-state index in [0.29, 0.717) is 32.2 Å². The smallest absolute Gasteiger partial charge is 0.222 e. The van der Waals surface area contributed by atoms with Crippen molar-refractivity contribution in [2.45, 2.75) is 25.3 Å². The number of nitrogens with zero attached hydrogens (tertiary/aromatic N) is 1. The van der Waals surface area contributed by atoms with Gasteiger partial charge in [-0.2, -0.15) is 0 Å². The van der Waals surface area contributed by atoms with Gasteiger partial charge in [0.1, 0.15) is 0 Å². The summed E-state index contributed by atoms with van der Waals surface area (Å²) >= 11 is 0. The van der Waals surface area contributed by atoms with Gasteiger partial charge in [-0.05, 0) is 19.4 Å². The third-order valence-electron chi connectivity index (χ3n) is 2.49. The van der Waals surface area contributed by atoms with Crippen LogP contribution in [0, 0.1) is 0 Å². The molecule has 0 radical (unpaired) electrons. The molecule has 1 amide bonds. The molecule has 0 aliphatic carbocycles. The van der Waals surface area contributed by atoms with Gasteiger partial charge in [0, 0.05) is 26.1 Å². The van der Waals surface area contributed by atoms with E-state index in [1.54, 1.807) is 7.11 Å². The van der Waals surface area contributed by atoms with Crippen LogP contribution < -0.4 is 5.73 Å². The maximum Gasteiger partial charge on any atom is 0.222 e. The Labute approximate surface area is 79.0 Å². The fraction of sp³-hybridized carbons (Fsp3) is 0.889. The normalized spacial score (nSPS) is 22.8. The van der Waals surface area contributed by atoms with Crippen LogP contribution in [0.4, 0.5) is 0 Å². The first-order valence-corrected chi connectivity index (χ1v) is 4.78. The van der Waals surface area contributed by atoms with E-state index in [0.717, 1.165) is 12.8 Å². The molecule has 1 rings (SSSR count). The molecule has 0 aromatic carbocycles. The number of rotatable bonds is 5. The van der Waals surface area contributed by atoms with Crippen LogP contribution in [-0.4, -0.2) is 43.7 Å². The number of carbonyl (C=O) groups is 1. The molecule has 1 aliphatic rings. The lowest BCUT2D eigenvalue weighted by atomic mass is 10.1. The summed E-state index contributed by atoms with van der Waals surface area (Å²) in [5, 5.41) is 0. The zero-order chi connectivity index (χ0) is 9.68. The highest BCUT2D eigenvalue weighted by Crippen LogP contribution is 2.20. The van der Waals surface area contributed by atoms with Gasteiger partial charge in [-0.1, -0.05) is 0 Å². The predicted molar refractivity (Wildman–Crippen MR) is 50.3 cm³/mol. The molecular weight excluding hydrogens is 168 g/mol. The Bertz CT molecular complexity index is 173. The van der Waals surface area contributed by atoms with Crippen molar-refractivity contribution in [3.05, 3.63) is 0 Å². The molecule has 1 saturated heterocycles. The van der Waals surface area contributed by atoms with E-state index in [1.165, 1.54) is 0 Å².